The Bertz CT molecular complexity index is 522. The molecule has 2 rings (SSSR count). The summed E-state index contributed by atoms with van der Waals surface area (Å²) >= 11 is 0. The molecule has 1 aromatic carbocycles. The zero-order valence-electron chi connectivity index (χ0n) is 10.1. The molecule has 96 valence electrons. The first-order valence-corrected chi connectivity index (χ1v) is 6.00. The highest BCUT2D eigenvalue weighted by Crippen LogP contribution is 2.13. The molecule has 5 heteroatoms. The van der Waals surface area contributed by atoms with Crippen LogP contribution in [0.3, 0.4) is 0 Å². The molecule has 0 atom stereocenters. The monoisotopic (exact) mass is 248 g/mol. The third-order valence-corrected chi connectivity index (χ3v) is 2.72. The van der Waals surface area contributed by atoms with Gasteiger partial charge >= 0.3 is 5.97 Å². The minimum atomic E-state index is -0.731. The van der Waals surface area contributed by atoms with Crippen LogP contribution in [0.5, 0.6) is 0 Å². The Morgan fingerprint density at radius 1 is 1.39 bits per heavy atom. The fourth-order valence-corrected chi connectivity index (χ4v) is 1.77. The zero-order valence-corrected chi connectivity index (χ0v) is 10.1. The van der Waals surface area contributed by atoms with Crippen molar-refractivity contribution in [2.75, 3.05) is 6.54 Å². The fourth-order valence-electron chi connectivity index (χ4n) is 1.77. The second-order valence-electron chi connectivity index (χ2n) is 4.18. The molecule has 0 fully saturated rings. The second kappa shape index (κ2) is 6.16. The van der Waals surface area contributed by atoms with Gasteiger partial charge in [0.1, 0.15) is 5.52 Å². The minimum absolute atomic E-state index is 0.242. The number of hydrogen-bond acceptors (Lipinski definition) is 4. The van der Waals surface area contributed by atoms with E-state index in [-0.39, 0.29) is 6.42 Å². The van der Waals surface area contributed by atoms with Gasteiger partial charge in [0.15, 0.2) is 12.0 Å². The van der Waals surface area contributed by atoms with Gasteiger partial charge in [-0.1, -0.05) is 6.07 Å². The van der Waals surface area contributed by atoms with Crippen LogP contribution in [0, 0.1) is 0 Å². The summed E-state index contributed by atoms with van der Waals surface area (Å²) in [6.07, 6.45) is 3.26. The summed E-state index contributed by atoms with van der Waals surface area (Å²) in [4.78, 5) is 14.4. The van der Waals surface area contributed by atoms with Crippen LogP contribution < -0.4 is 5.32 Å². The van der Waals surface area contributed by atoms with Crippen LogP contribution in [0.15, 0.2) is 29.0 Å². The molecule has 1 heterocycles. The summed E-state index contributed by atoms with van der Waals surface area (Å²) in [5.74, 6) is -0.731. The molecule has 0 bridgehead atoms. The minimum Gasteiger partial charge on any atom is -0.481 e. The Kier molecular flexibility index (Phi) is 4.30. The van der Waals surface area contributed by atoms with Gasteiger partial charge in [-0.2, -0.15) is 0 Å². The van der Waals surface area contributed by atoms with Crippen molar-refractivity contribution in [1.29, 1.82) is 0 Å². The van der Waals surface area contributed by atoms with E-state index in [2.05, 4.69) is 10.3 Å². The number of nitrogens with one attached hydrogen (secondary N) is 1. The van der Waals surface area contributed by atoms with Gasteiger partial charge in [-0.05, 0) is 37.1 Å². The van der Waals surface area contributed by atoms with E-state index in [1.807, 2.05) is 18.2 Å². The predicted octanol–water partition coefficient (Wildman–Crippen LogP) is 2.17. The quantitative estimate of drug-likeness (QED) is 0.734. The molecular formula is C13H16N2O3. The van der Waals surface area contributed by atoms with E-state index >= 15 is 0 Å². The Labute approximate surface area is 105 Å². The van der Waals surface area contributed by atoms with Crippen molar-refractivity contribution in [2.24, 2.45) is 0 Å². The number of nitrogens with zero attached hydrogens (tertiary/aromatic N) is 1. The van der Waals surface area contributed by atoms with Gasteiger partial charge in [-0.15, -0.1) is 0 Å². The van der Waals surface area contributed by atoms with Crippen molar-refractivity contribution in [3.05, 3.63) is 30.2 Å². The van der Waals surface area contributed by atoms with Gasteiger partial charge in [-0.3, -0.25) is 4.79 Å². The predicted molar refractivity (Wildman–Crippen MR) is 67.2 cm³/mol. The number of aliphatic carboxylic acids is 1. The van der Waals surface area contributed by atoms with E-state index in [4.69, 9.17) is 9.52 Å². The summed E-state index contributed by atoms with van der Waals surface area (Å²) in [7, 11) is 0. The molecule has 0 saturated carbocycles. The first kappa shape index (κ1) is 12.6. The van der Waals surface area contributed by atoms with Gasteiger partial charge in [-0.25, -0.2) is 4.98 Å². The number of oxazole rings is 1. The summed E-state index contributed by atoms with van der Waals surface area (Å²) < 4.78 is 5.23. The van der Waals surface area contributed by atoms with Crippen molar-refractivity contribution in [1.82, 2.24) is 10.3 Å². The van der Waals surface area contributed by atoms with Gasteiger partial charge in [0, 0.05) is 13.0 Å². The lowest BCUT2D eigenvalue weighted by atomic mass is 10.2. The average molecular weight is 248 g/mol. The number of unbranched alkanes of at least 4 members (excludes halogenated alkanes) is 1. The summed E-state index contributed by atoms with van der Waals surface area (Å²) in [5, 5.41) is 11.8. The average Bonchev–Trinajstić information content (AvgIpc) is 2.80. The molecule has 0 amide bonds. The second-order valence-corrected chi connectivity index (χ2v) is 4.18. The van der Waals surface area contributed by atoms with Gasteiger partial charge in [0.05, 0.1) is 0 Å². The topological polar surface area (TPSA) is 75.4 Å². The van der Waals surface area contributed by atoms with E-state index in [0.717, 1.165) is 36.2 Å². The van der Waals surface area contributed by atoms with Crippen molar-refractivity contribution in [3.8, 4) is 0 Å². The van der Waals surface area contributed by atoms with Gasteiger partial charge in [0.2, 0.25) is 0 Å². The summed E-state index contributed by atoms with van der Waals surface area (Å²) in [6, 6.07) is 5.90. The maximum atomic E-state index is 10.3. The Balaban J connectivity index is 1.71. The van der Waals surface area contributed by atoms with Crippen LogP contribution in [-0.2, 0) is 11.3 Å². The highest BCUT2D eigenvalue weighted by Gasteiger charge is 2.00. The number of carbonyl (C=O) groups is 1. The first-order valence-electron chi connectivity index (χ1n) is 6.00. The highest BCUT2D eigenvalue weighted by molar-refractivity contribution is 5.72. The Morgan fingerprint density at radius 3 is 3.11 bits per heavy atom. The summed E-state index contributed by atoms with van der Waals surface area (Å²) in [6.45, 7) is 1.57. The molecule has 0 aliphatic carbocycles. The van der Waals surface area contributed by atoms with Crippen LogP contribution in [0.1, 0.15) is 24.8 Å². The number of fused-ring (bicyclic) bond motifs is 1. The van der Waals surface area contributed by atoms with Crippen molar-refractivity contribution in [3.63, 3.8) is 0 Å². The number of carboxylic acids is 1. The molecule has 0 radical (unpaired) electrons. The molecule has 0 saturated heterocycles. The maximum absolute atomic E-state index is 10.3. The van der Waals surface area contributed by atoms with Crippen molar-refractivity contribution >= 4 is 17.1 Å². The molecular weight excluding hydrogens is 232 g/mol. The first-order chi connectivity index (χ1) is 8.75. The molecule has 2 aromatic rings. The van der Waals surface area contributed by atoms with E-state index in [0.29, 0.717) is 6.42 Å². The number of hydrogen-bond donors (Lipinski definition) is 2. The molecule has 0 aliphatic rings. The zero-order chi connectivity index (χ0) is 12.8. The number of benzene rings is 1. The Hall–Kier alpha value is -1.88. The van der Waals surface area contributed by atoms with E-state index in [9.17, 15) is 4.79 Å². The van der Waals surface area contributed by atoms with E-state index in [1.54, 1.807) is 0 Å². The van der Waals surface area contributed by atoms with E-state index in [1.165, 1.54) is 6.39 Å². The lowest BCUT2D eigenvalue weighted by molar-refractivity contribution is -0.137. The molecule has 0 spiro atoms. The SMILES string of the molecule is O=C(O)CCCCNCc1ccc2ncoc2c1. The standard InChI is InChI=1S/C13H16N2O3/c16-13(17)3-1-2-6-14-8-10-4-5-11-12(7-10)18-9-15-11/h4-5,7,9,14H,1-3,6,8H2,(H,16,17). The molecule has 0 aliphatic heterocycles. The Morgan fingerprint density at radius 2 is 2.28 bits per heavy atom. The van der Waals surface area contributed by atoms with Crippen molar-refractivity contribution in [2.45, 2.75) is 25.8 Å². The third kappa shape index (κ3) is 3.56. The molecule has 0 unspecified atom stereocenters. The molecule has 18 heavy (non-hydrogen) atoms. The number of rotatable bonds is 7. The van der Waals surface area contributed by atoms with Crippen LogP contribution in [0.25, 0.3) is 11.1 Å². The van der Waals surface area contributed by atoms with Gasteiger partial charge < -0.3 is 14.8 Å². The normalized spacial score (nSPS) is 10.9. The molecule has 1 aromatic heterocycles. The summed E-state index contributed by atoms with van der Waals surface area (Å²) in [5.41, 5.74) is 2.79. The molecule has 5 nitrogen and oxygen atoms in total. The molecule has 2 N–H and O–H groups in total. The smallest absolute Gasteiger partial charge is 0.303 e. The number of carboxylic acid groups (broad SMARTS) is 1. The fraction of sp³-hybridized carbons (Fsp3) is 0.385. The largest absolute Gasteiger partial charge is 0.481 e. The van der Waals surface area contributed by atoms with E-state index < -0.39 is 5.97 Å². The van der Waals surface area contributed by atoms with Crippen LogP contribution in [0.2, 0.25) is 0 Å². The number of aromatic nitrogens is 1. The lowest BCUT2D eigenvalue weighted by Gasteiger charge is -2.04. The highest BCUT2D eigenvalue weighted by atomic mass is 16.4. The third-order valence-electron chi connectivity index (χ3n) is 2.72. The van der Waals surface area contributed by atoms with Crippen LogP contribution >= 0.6 is 0 Å². The van der Waals surface area contributed by atoms with Crippen molar-refractivity contribution < 1.29 is 14.3 Å². The lowest BCUT2D eigenvalue weighted by Crippen LogP contribution is -2.14. The van der Waals surface area contributed by atoms with Crippen LogP contribution in [0.4, 0.5) is 0 Å². The maximum Gasteiger partial charge on any atom is 0.303 e. The van der Waals surface area contributed by atoms with Gasteiger partial charge in [0.25, 0.3) is 0 Å². The van der Waals surface area contributed by atoms with Crippen LogP contribution in [-0.4, -0.2) is 22.6 Å².